The summed E-state index contributed by atoms with van der Waals surface area (Å²) in [5, 5.41) is 3.29. The van der Waals surface area contributed by atoms with Crippen LogP contribution in [0.2, 0.25) is 0 Å². The standard InChI is InChI=1S/C15H26N4O/c1-15(2)4-7-19(8-5-15)14-17-11-13(12-18-14)10-16-6-9-20-3/h11-12,16H,4-10H2,1-3H3. The fraction of sp³-hybridized carbons (Fsp3) is 0.733. The summed E-state index contributed by atoms with van der Waals surface area (Å²) in [5.74, 6) is 0.862. The van der Waals surface area contributed by atoms with Crippen LogP contribution in [-0.4, -0.2) is 43.3 Å². The SMILES string of the molecule is COCCNCc1cnc(N2CCC(C)(C)CC2)nc1. The van der Waals surface area contributed by atoms with Gasteiger partial charge in [-0.15, -0.1) is 0 Å². The van der Waals surface area contributed by atoms with Crippen molar-refractivity contribution in [1.82, 2.24) is 15.3 Å². The van der Waals surface area contributed by atoms with Gasteiger partial charge in [-0.1, -0.05) is 13.8 Å². The number of nitrogens with one attached hydrogen (secondary N) is 1. The molecule has 0 radical (unpaired) electrons. The predicted octanol–water partition coefficient (Wildman–Crippen LogP) is 1.84. The summed E-state index contributed by atoms with van der Waals surface area (Å²) < 4.78 is 4.99. The second kappa shape index (κ2) is 6.99. The lowest BCUT2D eigenvalue weighted by atomic mass is 9.83. The van der Waals surface area contributed by atoms with Gasteiger partial charge in [-0.05, 0) is 18.3 Å². The Hall–Kier alpha value is -1.20. The fourth-order valence-corrected chi connectivity index (χ4v) is 2.32. The fourth-order valence-electron chi connectivity index (χ4n) is 2.32. The molecule has 0 spiro atoms. The maximum absolute atomic E-state index is 4.99. The first-order valence-corrected chi connectivity index (χ1v) is 7.36. The Balaban J connectivity index is 1.82. The van der Waals surface area contributed by atoms with Crippen molar-refractivity contribution in [2.24, 2.45) is 5.41 Å². The number of hydrogen-bond donors (Lipinski definition) is 1. The third kappa shape index (κ3) is 4.42. The summed E-state index contributed by atoms with van der Waals surface area (Å²) in [6, 6.07) is 0. The van der Waals surface area contributed by atoms with E-state index in [0.29, 0.717) is 5.41 Å². The number of piperidine rings is 1. The molecule has 5 heteroatoms. The largest absolute Gasteiger partial charge is 0.383 e. The van der Waals surface area contributed by atoms with Crippen LogP contribution in [0.3, 0.4) is 0 Å². The van der Waals surface area contributed by atoms with Gasteiger partial charge in [0, 0.05) is 51.2 Å². The molecule has 1 aromatic heterocycles. The molecule has 1 saturated heterocycles. The Morgan fingerprint density at radius 2 is 1.90 bits per heavy atom. The van der Waals surface area contributed by atoms with Crippen molar-refractivity contribution in [2.45, 2.75) is 33.2 Å². The predicted molar refractivity (Wildman–Crippen MR) is 80.8 cm³/mol. The molecule has 1 aliphatic rings. The number of ether oxygens (including phenoxy) is 1. The number of hydrogen-bond acceptors (Lipinski definition) is 5. The molecule has 112 valence electrons. The van der Waals surface area contributed by atoms with Gasteiger partial charge in [-0.2, -0.15) is 0 Å². The van der Waals surface area contributed by atoms with Gasteiger partial charge in [0.1, 0.15) is 0 Å². The first-order valence-electron chi connectivity index (χ1n) is 7.36. The topological polar surface area (TPSA) is 50.3 Å². The number of rotatable bonds is 6. The molecule has 0 amide bonds. The van der Waals surface area contributed by atoms with Crippen LogP contribution in [0.5, 0.6) is 0 Å². The molecule has 0 atom stereocenters. The van der Waals surface area contributed by atoms with E-state index in [1.54, 1.807) is 7.11 Å². The summed E-state index contributed by atoms with van der Waals surface area (Å²) in [7, 11) is 1.71. The lowest BCUT2D eigenvalue weighted by molar-refractivity contribution is 0.199. The van der Waals surface area contributed by atoms with Gasteiger partial charge in [-0.3, -0.25) is 0 Å². The van der Waals surface area contributed by atoms with E-state index in [0.717, 1.165) is 44.3 Å². The van der Waals surface area contributed by atoms with E-state index in [9.17, 15) is 0 Å². The van der Waals surface area contributed by atoms with Crippen molar-refractivity contribution in [3.05, 3.63) is 18.0 Å². The van der Waals surface area contributed by atoms with E-state index in [2.05, 4.69) is 34.0 Å². The minimum Gasteiger partial charge on any atom is -0.383 e. The lowest BCUT2D eigenvalue weighted by Gasteiger charge is -2.36. The first-order chi connectivity index (χ1) is 9.61. The molecule has 1 aliphatic heterocycles. The summed E-state index contributed by atoms with van der Waals surface area (Å²) >= 11 is 0. The highest BCUT2D eigenvalue weighted by molar-refractivity contribution is 5.30. The zero-order valence-corrected chi connectivity index (χ0v) is 12.9. The molecule has 2 heterocycles. The molecule has 0 aliphatic carbocycles. The third-order valence-corrected chi connectivity index (χ3v) is 3.90. The maximum atomic E-state index is 4.99. The van der Waals surface area contributed by atoms with E-state index >= 15 is 0 Å². The summed E-state index contributed by atoms with van der Waals surface area (Å²) in [4.78, 5) is 11.3. The van der Waals surface area contributed by atoms with Gasteiger partial charge >= 0.3 is 0 Å². The van der Waals surface area contributed by atoms with Gasteiger partial charge in [0.15, 0.2) is 0 Å². The third-order valence-electron chi connectivity index (χ3n) is 3.90. The molecule has 0 bridgehead atoms. The lowest BCUT2D eigenvalue weighted by Crippen LogP contribution is -2.38. The Labute approximate surface area is 121 Å². The molecule has 2 rings (SSSR count). The summed E-state index contributed by atoms with van der Waals surface area (Å²) in [6.45, 7) is 9.13. The number of anilines is 1. The highest BCUT2D eigenvalue weighted by Crippen LogP contribution is 2.30. The highest BCUT2D eigenvalue weighted by Gasteiger charge is 2.26. The Morgan fingerprint density at radius 3 is 2.50 bits per heavy atom. The average Bonchev–Trinajstić information content (AvgIpc) is 2.45. The average molecular weight is 278 g/mol. The molecular weight excluding hydrogens is 252 g/mol. The zero-order chi connectivity index (χ0) is 14.4. The van der Waals surface area contributed by atoms with Crippen LogP contribution in [0.15, 0.2) is 12.4 Å². The molecule has 0 aromatic carbocycles. The van der Waals surface area contributed by atoms with Crippen LogP contribution in [0, 0.1) is 5.41 Å². The highest BCUT2D eigenvalue weighted by atomic mass is 16.5. The van der Waals surface area contributed by atoms with Crippen molar-refractivity contribution in [3.63, 3.8) is 0 Å². The van der Waals surface area contributed by atoms with Gasteiger partial charge in [0.05, 0.1) is 6.61 Å². The van der Waals surface area contributed by atoms with Crippen molar-refractivity contribution in [2.75, 3.05) is 38.3 Å². The van der Waals surface area contributed by atoms with Crippen molar-refractivity contribution in [3.8, 4) is 0 Å². The second-order valence-electron chi connectivity index (χ2n) is 6.21. The van der Waals surface area contributed by atoms with Crippen molar-refractivity contribution in [1.29, 1.82) is 0 Å². The van der Waals surface area contributed by atoms with Gasteiger partial charge in [0.2, 0.25) is 5.95 Å². The van der Waals surface area contributed by atoms with E-state index in [4.69, 9.17) is 4.74 Å². The van der Waals surface area contributed by atoms with Crippen LogP contribution in [-0.2, 0) is 11.3 Å². The van der Waals surface area contributed by atoms with Crippen LogP contribution in [0.25, 0.3) is 0 Å². The van der Waals surface area contributed by atoms with Crippen LogP contribution in [0.1, 0.15) is 32.3 Å². The van der Waals surface area contributed by atoms with Gasteiger partial charge < -0.3 is 15.0 Å². The van der Waals surface area contributed by atoms with E-state index < -0.39 is 0 Å². The molecule has 1 N–H and O–H groups in total. The molecule has 1 fully saturated rings. The molecule has 0 unspecified atom stereocenters. The molecular formula is C15H26N4O. The molecule has 20 heavy (non-hydrogen) atoms. The van der Waals surface area contributed by atoms with Gasteiger partial charge in [0.25, 0.3) is 0 Å². The van der Waals surface area contributed by atoms with Crippen molar-refractivity contribution < 1.29 is 4.74 Å². The first kappa shape index (κ1) is 15.2. The van der Waals surface area contributed by atoms with Crippen molar-refractivity contribution >= 4 is 5.95 Å². The quantitative estimate of drug-likeness (QED) is 0.805. The summed E-state index contributed by atoms with van der Waals surface area (Å²) in [6.07, 6.45) is 6.25. The maximum Gasteiger partial charge on any atom is 0.225 e. The monoisotopic (exact) mass is 278 g/mol. The minimum absolute atomic E-state index is 0.460. The Morgan fingerprint density at radius 1 is 1.25 bits per heavy atom. The number of nitrogens with zero attached hydrogens (tertiary/aromatic N) is 3. The second-order valence-corrected chi connectivity index (χ2v) is 6.21. The van der Waals surface area contributed by atoms with E-state index in [1.807, 2.05) is 12.4 Å². The Bertz CT molecular complexity index is 395. The Kier molecular flexibility index (Phi) is 5.31. The zero-order valence-electron chi connectivity index (χ0n) is 12.9. The van der Waals surface area contributed by atoms with E-state index in [1.165, 1.54) is 12.8 Å². The summed E-state index contributed by atoms with van der Waals surface area (Å²) in [5.41, 5.74) is 1.57. The normalized spacial score (nSPS) is 18.2. The van der Waals surface area contributed by atoms with Crippen LogP contribution < -0.4 is 10.2 Å². The van der Waals surface area contributed by atoms with Crippen LogP contribution >= 0.6 is 0 Å². The number of methoxy groups -OCH3 is 1. The van der Waals surface area contributed by atoms with Crippen LogP contribution in [0.4, 0.5) is 5.95 Å². The van der Waals surface area contributed by atoms with E-state index in [-0.39, 0.29) is 0 Å². The van der Waals surface area contributed by atoms with Gasteiger partial charge in [-0.25, -0.2) is 9.97 Å². The molecule has 5 nitrogen and oxygen atoms in total. The molecule has 0 saturated carbocycles. The minimum atomic E-state index is 0.460. The smallest absolute Gasteiger partial charge is 0.225 e. The number of aromatic nitrogens is 2. The molecule has 1 aromatic rings.